The molecule has 204 valence electrons. The molecule has 2 aromatic carbocycles. The maximum absolute atomic E-state index is 13.9. The van der Waals surface area contributed by atoms with Gasteiger partial charge in [-0.05, 0) is 55.3 Å². The van der Waals surface area contributed by atoms with E-state index in [1.807, 2.05) is 55.5 Å². The molecule has 4 aromatic rings. The van der Waals surface area contributed by atoms with E-state index in [1.165, 1.54) is 11.3 Å². The van der Waals surface area contributed by atoms with Crippen LogP contribution in [0.15, 0.2) is 84.5 Å². The smallest absolute Gasteiger partial charge is 0.338 e. The summed E-state index contributed by atoms with van der Waals surface area (Å²) in [6, 6.07) is 16.2. The summed E-state index contributed by atoms with van der Waals surface area (Å²) in [6.07, 6.45) is 3.06. The molecule has 8 nitrogen and oxygen atoms in total. The molecule has 0 fully saturated rings. The van der Waals surface area contributed by atoms with Crippen LogP contribution in [0.4, 0.5) is 0 Å². The van der Waals surface area contributed by atoms with Crippen LogP contribution in [-0.2, 0) is 9.53 Å². The monoisotopic (exact) mass is 620 g/mol. The highest BCUT2D eigenvalue weighted by molar-refractivity contribution is 9.10. The third-order valence-electron chi connectivity index (χ3n) is 6.63. The number of rotatable bonds is 7. The molecule has 0 aliphatic carbocycles. The maximum atomic E-state index is 13.9. The van der Waals surface area contributed by atoms with Crippen LogP contribution in [0, 0.1) is 0 Å². The summed E-state index contributed by atoms with van der Waals surface area (Å²) in [4.78, 5) is 32.6. The highest BCUT2D eigenvalue weighted by Crippen LogP contribution is 2.39. The lowest BCUT2D eigenvalue weighted by Crippen LogP contribution is -2.40. The second-order valence-electron chi connectivity index (χ2n) is 9.24. The van der Waals surface area contributed by atoms with Crippen LogP contribution in [0.5, 0.6) is 11.5 Å². The standard InChI is InChI=1S/C30H25BrN2O6S/c1-3-5-21-26(29(35)36-4-2)27(18-8-12-23-24(14-18)38-16-37-23)33-28(34)25(40-30(33)32-21)15-20-11-13-22(39-20)17-6-9-19(31)10-7-17/h6-15,27H,3-5,16H2,1-2H3/b25-15-. The Hall–Kier alpha value is -3.89. The minimum absolute atomic E-state index is 0.120. The third-order valence-corrected chi connectivity index (χ3v) is 8.15. The Bertz CT molecular complexity index is 1820. The number of benzene rings is 2. The topological polar surface area (TPSA) is 92.3 Å². The number of esters is 1. The number of ether oxygens (including phenoxy) is 3. The molecule has 0 amide bonds. The fourth-order valence-electron chi connectivity index (χ4n) is 4.85. The van der Waals surface area contributed by atoms with E-state index in [0.717, 1.165) is 16.5 Å². The Morgan fingerprint density at radius 3 is 2.70 bits per heavy atom. The van der Waals surface area contributed by atoms with Gasteiger partial charge in [-0.25, -0.2) is 9.79 Å². The number of fused-ring (bicyclic) bond motifs is 2. The summed E-state index contributed by atoms with van der Waals surface area (Å²) >= 11 is 4.71. The number of nitrogens with zero attached hydrogens (tertiary/aromatic N) is 2. The summed E-state index contributed by atoms with van der Waals surface area (Å²) in [5.41, 5.74) is 2.34. The van der Waals surface area contributed by atoms with Crippen LogP contribution in [-0.4, -0.2) is 23.9 Å². The molecule has 2 aliphatic heterocycles. The van der Waals surface area contributed by atoms with Crippen molar-refractivity contribution in [1.82, 2.24) is 4.57 Å². The first-order valence-corrected chi connectivity index (χ1v) is 14.5. The van der Waals surface area contributed by atoms with Crippen molar-refractivity contribution in [3.63, 3.8) is 0 Å². The number of allylic oxidation sites excluding steroid dienone is 1. The largest absolute Gasteiger partial charge is 0.463 e. The molecule has 10 heteroatoms. The number of furan rings is 1. The predicted octanol–water partition coefficient (Wildman–Crippen LogP) is 5.33. The van der Waals surface area contributed by atoms with Gasteiger partial charge in [0.15, 0.2) is 16.3 Å². The molecule has 0 saturated carbocycles. The molecule has 0 N–H and O–H groups in total. The summed E-state index contributed by atoms with van der Waals surface area (Å²) in [5, 5.41) is 0. The lowest BCUT2D eigenvalue weighted by atomic mass is 9.94. The lowest BCUT2D eigenvalue weighted by molar-refractivity contribution is -0.139. The highest BCUT2D eigenvalue weighted by atomic mass is 79.9. The van der Waals surface area contributed by atoms with Gasteiger partial charge in [0.05, 0.1) is 28.5 Å². The number of hydrogen-bond donors (Lipinski definition) is 0. The molecule has 6 rings (SSSR count). The number of hydrogen-bond acceptors (Lipinski definition) is 8. The quantitative estimate of drug-likeness (QED) is 0.259. The first kappa shape index (κ1) is 26.3. The number of aromatic nitrogens is 1. The Morgan fingerprint density at radius 2 is 1.93 bits per heavy atom. The molecule has 0 spiro atoms. The van der Waals surface area contributed by atoms with Gasteiger partial charge in [0.1, 0.15) is 11.5 Å². The molecule has 0 radical (unpaired) electrons. The molecule has 0 saturated heterocycles. The average molecular weight is 622 g/mol. The van der Waals surface area contributed by atoms with Gasteiger partial charge < -0.3 is 18.6 Å². The number of carbonyl (C=O) groups excluding carboxylic acids is 1. The average Bonchev–Trinajstić information content (AvgIpc) is 3.68. The van der Waals surface area contributed by atoms with E-state index in [0.29, 0.717) is 55.6 Å². The van der Waals surface area contributed by atoms with Gasteiger partial charge in [0.2, 0.25) is 6.79 Å². The van der Waals surface area contributed by atoms with E-state index >= 15 is 0 Å². The molecule has 2 aliphatic rings. The van der Waals surface area contributed by atoms with Crippen molar-refractivity contribution >= 4 is 39.3 Å². The van der Waals surface area contributed by atoms with E-state index < -0.39 is 12.0 Å². The number of halogens is 1. The van der Waals surface area contributed by atoms with Crippen LogP contribution in [0.25, 0.3) is 17.4 Å². The fraction of sp³-hybridized carbons (Fsp3) is 0.233. The van der Waals surface area contributed by atoms with Crippen molar-refractivity contribution in [2.45, 2.75) is 32.7 Å². The number of carbonyl (C=O) groups is 1. The van der Waals surface area contributed by atoms with Crippen molar-refractivity contribution in [2.24, 2.45) is 4.99 Å². The van der Waals surface area contributed by atoms with Crippen molar-refractivity contribution in [3.05, 3.63) is 101 Å². The van der Waals surface area contributed by atoms with Crippen molar-refractivity contribution in [2.75, 3.05) is 13.4 Å². The van der Waals surface area contributed by atoms with Gasteiger partial charge in [-0.2, -0.15) is 0 Å². The molecule has 0 bridgehead atoms. The normalized spacial score (nSPS) is 16.2. The zero-order valence-electron chi connectivity index (χ0n) is 21.8. The number of thiazole rings is 1. The molecule has 2 aromatic heterocycles. The Kier molecular flexibility index (Phi) is 7.20. The highest BCUT2D eigenvalue weighted by Gasteiger charge is 2.35. The minimum atomic E-state index is -0.733. The fourth-order valence-corrected chi connectivity index (χ4v) is 6.11. The third kappa shape index (κ3) is 4.82. The maximum Gasteiger partial charge on any atom is 0.338 e. The van der Waals surface area contributed by atoms with E-state index in [1.54, 1.807) is 23.6 Å². The van der Waals surface area contributed by atoms with Gasteiger partial charge in [-0.3, -0.25) is 9.36 Å². The zero-order valence-corrected chi connectivity index (χ0v) is 24.2. The van der Waals surface area contributed by atoms with Gasteiger partial charge in [0, 0.05) is 16.1 Å². The van der Waals surface area contributed by atoms with Gasteiger partial charge >= 0.3 is 5.97 Å². The zero-order chi connectivity index (χ0) is 27.8. The SMILES string of the molecule is CCCC1=C(C(=O)OCC)C(c2ccc3c(c2)OCO3)n2c(s/c(=C\c3ccc(-c4ccc(Br)cc4)o3)c2=O)=N1. The van der Waals surface area contributed by atoms with E-state index in [4.69, 9.17) is 23.6 Å². The molecular formula is C30H25BrN2O6S. The minimum Gasteiger partial charge on any atom is -0.463 e. The van der Waals surface area contributed by atoms with Crippen LogP contribution >= 0.6 is 27.3 Å². The predicted molar refractivity (Wildman–Crippen MR) is 154 cm³/mol. The molecule has 1 unspecified atom stereocenters. The van der Waals surface area contributed by atoms with E-state index in [-0.39, 0.29) is 19.0 Å². The van der Waals surface area contributed by atoms with E-state index in [2.05, 4.69) is 15.9 Å². The first-order valence-electron chi connectivity index (χ1n) is 12.9. The molecular weight excluding hydrogens is 596 g/mol. The Balaban J connectivity index is 1.50. The molecule has 40 heavy (non-hydrogen) atoms. The van der Waals surface area contributed by atoms with Crippen LogP contribution < -0.4 is 24.4 Å². The summed E-state index contributed by atoms with van der Waals surface area (Å²) in [6.45, 7) is 4.11. The van der Waals surface area contributed by atoms with Gasteiger partial charge in [-0.1, -0.05) is 58.8 Å². The first-order chi connectivity index (χ1) is 19.5. The van der Waals surface area contributed by atoms with Gasteiger partial charge in [0.25, 0.3) is 5.56 Å². The van der Waals surface area contributed by atoms with Crippen LogP contribution in [0.1, 0.15) is 44.1 Å². The lowest BCUT2D eigenvalue weighted by Gasteiger charge is -2.25. The van der Waals surface area contributed by atoms with Crippen LogP contribution in [0.2, 0.25) is 0 Å². The second-order valence-corrected chi connectivity index (χ2v) is 11.2. The van der Waals surface area contributed by atoms with Crippen LogP contribution in [0.3, 0.4) is 0 Å². The van der Waals surface area contributed by atoms with Crippen molar-refractivity contribution < 1.29 is 23.4 Å². The summed E-state index contributed by atoms with van der Waals surface area (Å²) in [7, 11) is 0. The van der Waals surface area contributed by atoms with Crippen molar-refractivity contribution in [1.29, 1.82) is 0 Å². The Morgan fingerprint density at radius 1 is 1.12 bits per heavy atom. The van der Waals surface area contributed by atoms with Crippen molar-refractivity contribution in [3.8, 4) is 22.8 Å². The summed E-state index contributed by atoms with van der Waals surface area (Å²) in [5.74, 6) is 1.93. The Labute approximate surface area is 242 Å². The molecule has 4 heterocycles. The van der Waals surface area contributed by atoms with Gasteiger partial charge in [-0.15, -0.1) is 0 Å². The van der Waals surface area contributed by atoms with E-state index in [9.17, 15) is 9.59 Å². The second kappa shape index (κ2) is 10.9. The summed E-state index contributed by atoms with van der Waals surface area (Å²) < 4.78 is 25.6. The molecule has 1 atom stereocenters.